The Labute approximate surface area is 113 Å². The molecule has 0 aliphatic carbocycles. The largest absolute Gasteiger partial charge is 0.278 e. The number of pyridine rings is 1. The van der Waals surface area contributed by atoms with E-state index in [1.807, 2.05) is 0 Å². The van der Waals surface area contributed by atoms with Gasteiger partial charge in [-0.2, -0.15) is 4.39 Å². The average Bonchev–Trinajstić information content (AvgIpc) is 2.35. The van der Waals surface area contributed by atoms with Gasteiger partial charge in [-0.25, -0.2) is 17.8 Å². The van der Waals surface area contributed by atoms with Gasteiger partial charge in [0.15, 0.2) is 0 Å². The Balaban J connectivity index is 2.32. The zero-order valence-electron chi connectivity index (χ0n) is 9.27. The normalized spacial score (nSPS) is 11.3. The predicted octanol–water partition coefficient (Wildman–Crippen LogP) is 2.81. The number of sulfonamides is 1. The first-order chi connectivity index (χ1) is 8.88. The summed E-state index contributed by atoms with van der Waals surface area (Å²) in [4.78, 5) is 3.10. The van der Waals surface area contributed by atoms with E-state index >= 15 is 0 Å². The summed E-state index contributed by atoms with van der Waals surface area (Å²) in [6.07, 6.45) is 1.03. The van der Waals surface area contributed by atoms with E-state index in [2.05, 4.69) is 9.71 Å². The van der Waals surface area contributed by atoms with Crippen molar-refractivity contribution in [2.24, 2.45) is 0 Å². The molecule has 0 aliphatic rings. The van der Waals surface area contributed by atoms with Crippen molar-refractivity contribution in [2.45, 2.75) is 4.90 Å². The molecular formula is C11H7ClF2N2O2S. The van der Waals surface area contributed by atoms with Gasteiger partial charge in [-0.3, -0.25) is 4.72 Å². The van der Waals surface area contributed by atoms with Crippen molar-refractivity contribution in [3.63, 3.8) is 0 Å². The van der Waals surface area contributed by atoms with Crippen LogP contribution in [0.15, 0.2) is 41.4 Å². The lowest BCUT2D eigenvalue weighted by Crippen LogP contribution is -2.13. The van der Waals surface area contributed by atoms with Crippen molar-refractivity contribution in [2.75, 3.05) is 4.72 Å². The van der Waals surface area contributed by atoms with Gasteiger partial charge in [-0.05, 0) is 30.3 Å². The fourth-order valence-electron chi connectivity index (χ4n) is 1.29. The highest BCUT2D eigenvalue weighted by molar-refractivity contribution is 7.92. The molecule has 0 saturated carbocycles. The molecule has 1 aromatic heterocycles. The molecule has 8 heteroatoms. The molecule has 0 aliphatic heterocycles. The molecule has 0 radical (unpaired) electrons. The molecule has 19 heavy (non-hydrogen) atoms. The average molecular weight is 305 g/mol. The number of benzene rings is 1. The molecule has 0 bridgehead atoms. The molecule has 100 valence electrons. The van der Waals surface area contributed by atoms with Crippen LogP contribution in [0.5, 0.6) is 0 Å². The van der Waals surface area contributed by atoms with Gasteiger partial charge < -0.3 is 0 Å². The first kappa shape index (κ1) is 13.7. The molecule has 1 N–H and O–H groups in total. The fraction of sp³-hybridized carbons (Fsp3) is 0. The number of nitrogens with zero attached hydrogens (tertiary/aromatic N) is 1. The standard InChI is InChI=1S/C11H7ClF2N2O2S/c12-9-5-8(2-3-10(9)13)19(17,18)16-7-1-4-11(14)15-6-7/h1-6,16H. The molecular weight excluding hydrogens is 298 g/mol. The zero-order chi connectivity index (χ0) is 14.0. The van der Waals surface area contributed by atoms with E-state index in [-0.39, 0.29) is 15.6 Å². The molecule has 2 rings (SSSR count). The number of halogens is 3. The lowest BCUT2D eigenvalue weighted by Gasteiger charge is -2.08. The Morgan fingerprint density at radius 3 is 2.47 bits per heavy atom. The highest BCUT2D eigenvalue weighted by atomic mass is 35.5. The van der Waals surface area contributed by atoms with Crippen LogP contribution >= 0.6 is 11.6 Å². The summed E-state index contributed by atoms with van der Waals surface area (Å²) >= 11 is 5.51. The van der Waals surface area contributed by atoms with Crippen LogP contribution in [0.4, 0.5) is 14.5 Å². The third-order valence-corrected chi connectivity index (χ3v) is 3.85. The van der Waals surface area contributed by atoms with Crippen LogP contribution < -0.4 is 4.72 Å². The summed E-state index contributed by atoms with van der Waals surface area (Å²) in [6, 6.07) is 5.22. The number of hydrogen-bond donors (Lipinski definition) is 1. The number of aromatic nitrogens is 1. The van der Waals surface area contributed by atoms with Gasteiger partial charge in [-0.1, -0.05) is 11.6 Å². The number of hydrogen-bond acceptors (Lipinski definition) is 3. The van der Waals surface area contributed by atoms with Crippen molar-refractivity contribution in [1.29, 1.82) is 0 Å². The Morgan fingerprint density at radius 1 is 1.16 bits per heavy atom. The molecule has 0 saturated heterocycles. The van der Waals surface area contributed by atoms with Gasteiger partial charge in [0.2, 0.25) is 5.95 Å². The first-order valence-electron chi connectivity index (χ1n) is 4.98. The van der Waals surface area contributed by atoms with Gasteiger partial charge in [-0.15, -0.1) is 0 Å². The number of nitrogens with one attached hydrogen (secondary N) is 1. The van der Waals surface area contributed by atoms with E-state index < -0.39 is 21.8 Å². The number of rotatable bonds is 3. The first-order valence-corrected chi connectivity index (χ1v) is 6.84. The lowest BCUT2D eigenvalue weighted by molar-refractivity contribution is 0.583. The van der Waals surface area contributed by atoms with Crippen molar-refractivity contribution in [3.05, 3.63) is 53.3 Å². The maximum Gasteiger partial charge on any atom is 0.261 e. The Kier molecular flexibility index (Phi) is 3.68. The topological polar surface area (TPSA) is 59.1 Å². The van der Waals surface area contributed by atoms with Crippen LogP contribution in [0.25, 0.3) is 0 Å². The molecule has 4 nitrogen and oxygen atoms in total. The summed E-state index contributed by atoms with van der Waals surface area (Å²) in [6.45, 7) is 0. The monoisotopic (exact) mass is 304 g/mol. The molecule has 0 atom stereocenters. The van der Waals surface area contributed by atoms with E-state index in [1.54, 1.807) is 0 Å². The fourth-order valence-corrected chi connectivity index (χ4v) is 2.61. The van der Waals surface area contributed by atoms with Crippen molar-refractivity contribution in [3.8, 4) is 0 Å². The van der Waals surface area contributed by atoms with Crippen molar-refractivity contribution >= 4 is 27.3 Å². The molecule has 1 aromatic carbocycles. The van der Waals surface area contributed by atoms with Gasteiger partial charge >= 0.3 is 0 Å². The molecule has 2 aromatic rings. The third-order valence-electron chi connectivity index (χ3n) is 2.18. The van der Waals surface area contributed by atoms with Crippen LogP contribution in [-0.4, -0.2) is 13.4 Å². The Hall–Kier alpha value is -1.73. The van der Waals surface area contributed by atoms with Crippen LogP contribution in [0.2, 0.25) is 5.02 Å². The smallest absolute Gasteiger partial charge is 0.261 e. The maximum absolute atomic E-state index is 13.0. The zero-order valence-corrected chi connectivity index (χ0v) is 10.8. The SMILES string of the molecule is O=S(=O)(Nc1ccc(F)nc1)c1ccc(F)c(Cl)c1. The van der Waals surface area contributed by atoms with E-state index in [4.69, 9.17) is 11.6 Å². The minimum absolute atomic E-state index is 0.0850. The second kappa shape index (κ2) is 5.10. The summed E-state index contributed by atoms with van der Waals surface area (Å²) < 4.78 is 51.6. The van der Waals surface area contributed by atoms with Gasteiger partial charge in [0.25, 0.3) is 10.0 Å². The maximum atomic E-state index is 13.0. The summed E-state index contributed by atoms with van der Waals surface area (Å²) in [7, 11) is -3.93. The van der Waals surface area contributed by atoms with Crippen molar-refractivity contribution < 1.29 is 17.2 Å². The third kappa shape index (κ3) is 3.18. The predicted molar refractivity (Wildman–Crippen MR) is 66.4 cm³/mol. The summed E-state index contributed by atoms with van der Waals surface area (Å²) in [5, 5.41) is -0.305. The van der Waals surface area contributed by atoms with E-state index in [0.717, 1.165) is 30.5 Å². The molecule has 1 heterocycles. The van der Waals surface area contributed by atoms with Crippen LogP contribution in [0.1, 0.15) is 0 Å². The second-order valence-electron chi connectivity index (χ2n) is 3.55. The minimum Gasteiger partial charge on any atom is -0.278 e. The highest BCUT2D eigenvalue weighted by Crippen LogP contribution is 2.21. The summed E-state index contributed by atoms with van der Waals surface area (Å²) in [5.41, 5.74) is 0.0850. The molecule has 0 unspecified atom stereocenters. The molecule has 0 fully saturated rings. The quantitative estimate of drug-likeness (QED) is 0.887. The summed E-state index contributed by atoms with van der Waals surface area (Å²) in [5.74, 6) is -1.45. The van der Waals surface area contributed by atoms with Gasteiger partial charge in [0.05, 0.1) is 21.8 Å². The minimum atomic E-state index is -3.93. The van der Waals surface area contributed by atoms with Crippen LogP contribution in [0.3, 0.4) is 0 Å². The van der Waals surface area contributed by atoms with E-state index in [9.17, 15) is 17.2 Å². The molecule has 0 amide bonds. The van der Waals surface area contributed by atoms with Crippen LogP contribution in [0, 0.1) is 11.8 Å². The second-order valence-corrected chi connectivity index (χ2v) is 5.64. The van der Waals surface area contributed by atoms with Gasteiger partial charge in [0.1, 0.15) is 5.82 Å². The number of anilines is 1. The van der Waals surface area contributed by atoms with E-state index in [1.165, 1.54) is 6.07 Å². The Bertz CT molecular complexity index is 705. The highest BCUT2D eigenvalue weighted by Gasteiger charge is 2.16. The Morgan fingerprint density at radius 2 is 1.89 bits per heavy atom. The lowest BCUT2D eigenvalue weighted by atomic mass is 10.3. The molecule has 0 spiro atoms. The van der Waals surface area contributed by atoms with Gasteiger partial charge in [0, 0.05) is 0 Å². The van der Waals surface area contributed by atoms with E-state index in [0.29, 0.717) is 0 Å². The van der Waals surface area contributed by atoms with Crippen molar-refractivity contribution in [1.82, 2.24) is 4.98 Å². The van der Waals surface area contributed by atoms with Crippen LogP contribution in [-0.2, 0) is 10.0 Å².